The summed E-state index contributed by atoms with van der Waals surface area (Å²) in [6.45, 7) is 0. The fraction of sp³-hybridized carbons (Fsp3) is 0. The summed E-state index contributed by atoms with van der Waals surface area (Å²) in [6.07, 6.45) is 0. The molecule has 2 aromatic carbocycles. The second-order valence-electron chi connectivity index (χ2n) is 3.32. The van der Waals surface area contributed by atoms with Crippen molar-refractivity contribution in [3.05, 3.63) is 52.5 Å². The Morgan fingerprint density at radius 3 is 2.59 bits per heavy atom. The van der Waals surface area contributed by atoms with Crippen LogP contribution in [0, 0.1) is 11.3 Å². The highest BCUT2D eigenvalue weighted by Crippen LogP contribution is 2.36. The molecule has 2 rings (SSSR count). The Kier molecular flexibility index (Phi) is 3.72. The van der Waals surface area contributed by atoms with E-state index >= 15 is 0 Å². The maximum atomic E-state index is 9.69. The summed E-state index contributed by atoms with van der Waals surface area (Å²) >= 11 is 4.75. The third-order valence-electron chi connectivity index (χ3n) is 2.15. The third-order valence-corrected chi connectivity index (χ3v) is 3.77. The van der Waals surface area contributed by atoms with Crippen LogP contribution in [0.4, 0.5) is 0 Å². The van der Waals surface area contributed by atoms with Gasteiger partial charge >= 0.3 is 0 Å². The number of aromatic hydroxyl groups is 1. The molecule has 0 bridgehead atoms. The van der Waals surface area contributed by atoms with Crippen LogP contribution in [0.2, 0.25) is 0 Å². The van der Waals surface area contributed by atoms with Crippen molar-refractivity contribution in [2.45, 2.75) is 9.79 Å². The molecule has 0 unspecified atom stereocenters. The smallest absolute Gasteiger partial charge is 0.129 e. The first kappa shape index (κ1) is 12.0. The molecule has 0 spiro atoms. The van der Waals surface area contributed by atoms with Gasteiger partial charge < -0.3 is 5.11 Å². The number of nitriles is 1. The maximum Gasteiger partial charge on any atom is 0.129 e. The predicted octanol–water partition coefficient (Wildman–Crippen LogP) is 4.18. The number of para-hydroxylation sites is 1. The highest BCUT2D eigenvalue weighted by atomic mass is 79.9. The van der Waals surface area contributed by atoms with Gasteiger partial charge in [-0.05, 0) is 30.3 Å². The SMILES string of the molecule is N#Cc1ccc(Br)cc1Sc1ccccc1O. The Labute approximate surface area is 112 Å². The van der Waals surface area contributed by atoms with E-state index in [1.54, 1.807) is 18.2 Å². The van der Waals surface area contributed by atoms with Gasteiger partial charge in [0.15, 0.2) is 0 Å². The molecule has 0 aliphatic heterocycles. The molecule has 1 N–H and O–H groups in total. The van der Waals surface area contributed by atoms with Crippen LogP contribution in [-0.4, -0.2) is 5.11 Å². The van der Waals surface area contributed by atoms with E-state index in [2.05, 4.69) is 22.0 Å². The van der Waals surface area contributed by atoms with E-state index in [1.807, 2.05) is 24.3 Å². The summed E-state index contributed by atoms with van der Waals surface area (Å²) in [5.41, 5.74) is 0.599. The van der Waals surface area contributed by atoms with Crippen LogP contribution in [0.25, 0.3) is 0 Å². The Hall–Kier alpha value is -1.44. The van der Waals surface area contributed by atoms with Crippen molar-refractivity contribution in [2.75, 3.05) is 0 Å². The Bertz CT molecular complexity index is 592. The molecular weight excluding hydrogens is 298 g/mol. The van der Waals surface area contributed by atoms with Gasteiger partial charge in [-0.1, -0.05) is 39.8 Å². The second kappa shape index (κ2) is 5.26. The Morgan fingerprint density at radius 1 is 1.12 bits per heavy atom. The largest absolute Gasteiger partial charge is 0.507 e. The molecule has 84 valence electrons. The van der Waals surface area contributed by atoms with Crippen molar-refractivity contribution in [1.82, 2.24) is 0 Å². The van der Waals surface area contributed by atoms with Crippen LogP contribution in [-0.2, 0) is 0 Å². The normalized spacial score (nSPS) is 9.88. The van der Waals surface area contributed by atoms with Crippen LogP contribution in [0.3, 0.4) is 0 Å². The molecule has 0 fully saturated rings. The van der Waals surface area contributed by atoms with Crippen LogP contribution in [0.1, 0.15) is 5.56 Å². The molecule has 0 radical (unpaired) electrons. The van der Waals surface area contributed by atoms with Crippen LogP contribution in [0.15, 0.2) is 56.7 Å². The van der Waals surface area contributed by atoms with Crippen molar-refractivity contribution in [3.8, 4) is 11.8 Å². The highest BCUT2D eigenvalue weighted by Gasteiger charge is 2.07. The molecule has 0 aliphatic rings. The minimum Gasteiger partial charge on any atom is -0.507 e. The molecule has 0 heterocycles. The minimum atomic E-state index is 0.223. The van der Waals surface area contributed by atoms with Crippen molar-refractivity contribution in [1.29, 1.82) is 5.26 Å². The maximum absolute atomic E-state index is 9.69. The lowest BCUT2D eigenvalue weighted by molar-refractivity contribution is 0.462. The van der Waals surface area contributed by atoms with Crippen LogP contribution >= 0.6 is 27.7 Å². The number of halogens is 1. The van der Waals surface area contributed by atoms with Gasteiger partial charge in [-0.15, -0.1) is 0 Å². The van der Waals surface area contributed by atoms with Crippen LogP contribution in [0.5, 0.6) is 5.75 Å². The summed E-state index contributed by atoms with van der Waals surface area (Å²) in [7, 11) is 0. The monoisotopic (exact) mass is 305 g/mol. The molecule has 0 aromatic heterocycles. The summed E-state index contributed by atoms with van der Waals surface area (Å²) < 4.78 is 0.912. The van der Waals surface area contributed by atoms with Crippen LogP contribution < -0.4 is 0 Å². The Balaban J connectivity index is 2.40. The summed E-state index contributed by atoms with van der Waals surface area (Å²) in [6, 6.07) is 14.7. The average Bonchev–Trinajstić information content (AvgIpc) is 2.32. The molecule has 4 heteroatoms. The summed E-state index contributed by atoms with van der Waals surface area (Å²) in [5, 5.41) is 18.7. The van der Waals surface area contributed by atoms with E-state index in [-0.39, 0.29) is 5.75 Å². The number of nitrogens with zero attached hydrogens (tertiary/aromatic N) is 1. The van der Waals surface area contributed by atoms with Crippen molar-refractivity contribution in [2.24, 2.45) is 0 Å². The standard InChI is InChI=1S/C13H8BrNOS/c14-10-6-5-9(8-15)13(7-10)17-12-4-2-1-3-11(12)16/h1-7,16H. The minimum absolute atomic E-state index is 0.223. The number of hydrogen-bond acceptors (Lipinski definition) is 3. The molecule has 2 aromatic rings. The zero-order chi connectivity index (χ0) is 12.3. The van der Waals surface area contributed by atoms with E-state index in [0.29, 0.717) is 5.56 Å². The predicted molar refractivity (Wildman–Crippen MR) is 71.1 cm³/mol. The fourth-order valence-electron chi connectivity index (χ4n) is 1.33. The van der Waals surface area contributed by atoms with Gasteiger partial charge in [0, 0.05) is 9.37 Å². The molecule has 0 saturated heterocycles. The van der Waals surface area contributed by atoms with Gasteiger partial charge in [0.05, 0.1) is 10.5 Å². The first-order valence-electron chi connectivity index (χ1n) is 4.86. The van der Waals surface area contributed by atoms with Gasteiger partial charge in [0.2, 0.25) is 0 Å². The van der Waals surface area contributed by atoms with Crippen molar-refractivity contribution < 1.29 is 5.11 Å². The lowest BCUT2D eigenvalue weighted by Crippen LogP contribution is -1.82. The molecule has 2 nitrogen and oxygen atoms in total. The third kappa shape index (κ3) is 2.82. The first-order chi connectivity index (χ1) is 8.20. The van der Waals surface area contributed by atoms with Gasteiger partial charge in [-0.25, -0.2) is 0 Å². The molecule has 17 heavy (non-hydrogen) atoms. The summed E-state index contributed by atoms with van der Waals surface area (Å²) in [5.74, 6) is 0.223. The highest BCUT2D eigenvalue weighted by molar-refractivity contribution is 9.10. The fourth-order valence-corrected chi connectivity index (χ4v) is 2.81. The van der Waals surface area contributed by atoms with E-state index < -0.39 is 0 Å². The van der Waals surface area contributed by atoms with Gasteiger partial charge in [-0.2, -0.15) is 5.26 Å². The lowest BCUT2D eigenvalue weighted by atomic mass is 10.2. The summed E-state index contributed by atoms with van der Waals surface area (Å²) in [4.78, 5) is 1.56. The van der Waals surface area contributed by atoms with Gasteiger partial charge in [0.25, 0.3) is 0 Å². The first-order valence-corrected chi connectivity index (χ1v) is 6.47. The molecular formula is C13H8BrNOS. The van der Waals surface area contributed by atoms with E-state index in [9.17, 15) is 5.11 Å². The molecule has 0 aliphatic carbocycles. The average molecular weight is 306 g/mol. The van der Waals surface area contributed by atoms with E-state index in [4.69, 9.17) is 5.26 Å². The van der Waals surface area contributed by atoms with E-state index in [1.165, 1.54) is 11.8 Å². The van der Waals surface area contributed by atoms with Gasteiger partial charge in [0.1, 0.15) is 11.8 Å². The number of phenolic OH excluding ortho intramolecular Hbond substituents is 1. The number of phenols is 1. The van der Waals surface area contributed by atoms with Crippen molar-refractivity contribution >= 4 is 27.7 Å². The topological polar surface area (TPSA) is 44.0 Å². The Morgan fingerprint density at radius 2 is 1.88 bits per heavy atom. The second-order valence-corrected chi connectivity index (χ2v) is 5.32. The number of hydrogen-bond donors (Lipinski definition) is 1. The molecule has 0 saturated carbocycles. The number of benzene rings is 2. The number of rotatable bonds is 2. The quantitative estimate of drug-likeness (QED) is 0.905. The molecule has 0 atom stereocenters. The molecule has 0 amide bonds. The van der Waals surface area contributed by atoms with Gasteiger partial charge in [-0.3, -0.25) is 0 Å². The van der Waals surface area contributed by atoms with Crippen molar-refractivity contribution in [3.63, 3.8) is 0 Å². The van der Waals surface area contributed by atoms with E-state index in [0.717, 1.165) is 14.3 Å². The zero-order valence-electron chi connectivity index (χ0n) is 8.72. The zero-order valence-corrected chi connectivity index (χ0v) is 11.1. The lowest BCUT2D eigenvalue weighted by Gasteiger charge is -2.06.